The number of nitrogens with zero attached hydrogens (tertiary/aromatic N) is 1. The molecule has 3 heteroatoms. The second-order valence-corrected chi connectivity index (χ2v) is 7.01. The summed E-state index contributed by atoms with van der Waals surface area (Å²) in [6, 6.07) is 14.5. The number of benzene rings is 2. The zero-order valence-electron chi connectivity index (χ0n) is 14.3. The summed E-state index contributed by atoms with van der Waals surface area (Å²) in [7, 11) is 0. The molecule has 126 valence electrons. The highest BCUT2D eigenvalue weighted by molar-refractivity contribution is 5.90. The average molecular weight is 338 g/mol. The lowest BCUT2D eigenvalue weighted by Crippen LogP contribution is -2.21. The van der Waals surface area contributed by atoms with Gasteiger partial charge in [0.05, 0.1) is 5.92 Å². The van der Waals surface area contributed by atoms with Gasteiger partial charge in [-0.3, -0.25) is 0 Å². The molecule has 1 aliphatic heterocycles. The molecule has 1 unspecified atom stereocenters. The maximum atomic E-state index is 9.79. The minimum Gasteiger partial charge on any atom is -0.440 e. The molecule has 2 aromatic carbocycles. The van der Waals surface area contributed by atoms with Crippen LogP contribution in [-0.2, 0) is 0 Å². The van der Waals surface area contributed by atoms with Crippen molar-refractivity contribution < 1.29 is 4.74 Å². The van der Waals surface area contributed by atoms with E-state index in [2.05, 4.69) is 36.4 Å². The van der Waals surface area contributed by atoms with Crippen molar-refractivity contribution in [3.63, 3.8) is 0 Å². The van der Waals surface area contributed by atoms with Crippen molar-refractivity contribution in [2.75, 3.05) is 0 Å². The van der Waals surface area contributed by atoms with Crippen molar-refractivity contribution in [3.05, 3.63) is 88.4 Å². The lowest BCUT2D eigenvalue weighted by Gasteiger charge is -2.28. The summed E-state index contributed by atoms with van der Waals surface area (Å²) < 4.78 is 5.81. The minimum absolute atomic E-state index is 0.190. The monoisotopic (exact) mass is 338 g/mol. The summed E-state index contributed by atoms with van der Waals surface area (Å²) in [5.41, 5.74) is 11.6. The largest absolute Gasteiger partial charge is 0.440 e. The quantitative estimate of drug-likeness (QED) is 0.797. The lowest BCUT2D eigenvalue weighted by atomic mass is 9.81. The Morgan fingerprint density at radius 1 is 1.08 bits per heavy atom. The Balaban J connectivity index is 1.75. The number of nitrogens with two attached hydrogens (primary N) is 1. The van der Waals surface area contributed by atoms with E-state index in [4.69, 9.17) is 10.5 Å². The molecule has 26 heavy (non-hydrogen) atoms. The SMILES string of the molecule is N#CC1=C(N)Oc2ccc3ccccc3c2C1C1=CC(=C2CCC2)C=C1. The summed E-state index contributed by atoms with van der Waals surface area (Å²) in [5, 5.41) is 12.0. The first kappa shape index (κ1) is 15.0. The number of ether oxygens (including phenoxy) is 1. The van der Waals surface area contributed by atoms with Gasteiger partial charge in [0.25, 0.3) is 0 Å². The molecular formula is C23H18N2O. The molecule has 2 N–H and O–H groups in total. The van der Waals surface area contributed by atoms with E-state index < -0.39 is 0 Å². The van der Waals surface area contributed by atoms with E-state index in [1.807, 2.05) is 24.3 Å². The standard InChI is InChI=1S/C23H18N2O/c24-13-19-21(17-9-8-16(12-17)14-5-3-6-14)22-18-7-2-1-4-15(18)10-11-20(22)26-23(19)25/h1-2,4,7-12,21H,3,5-6,25H2. The van der Waals surface area contributed by atoms with Gasteiger partial charge in [-0.05, 0) is 47.2 Å². The third kappa shape index (κ3) is 2.12. The molecular weight excluding hydrogens is 320 g/mol. The Labute approximate surface area is 152 Å². The van der Waals surface area contributed by atoms with Gasteiger partial charge in [0.2, 0.25) is 5.88 Å². The van der Waals surface area contributed by atoms with Crippen LogP contribution in [0.25, 0.3) is 10.8 Å². The maximum absolute atomic E-state index is 9.79. The van der Waals surface area contributed by atoms with E-state index in [9.17, 15) is 5.26 Å². The zero-order valence-corrected chi connectivity index (χ0v) is 14.3. The van der Waals surface area contributed by atoms with Crippen molar-refractivity contribution in [1.29, 1.82) is 5.26 Å². The van der Waals surface area contributed by atoms with Gasteiger partial charge in [-0.15, -0.1) is 0 Å². The highest BCUT2D eigenvalue weighted by atomic mass is 16.5. The zero-order chi connectivity index (χ0) is 17.7. The molecule has 3 nitrogen and oxygen atoms in total. The molecule has 1 heterocycles. The van der Waals surface area contributed by atoms with Gasteiger partial charge < -0.3 is 10.5 Å². The minimum atomic E-state index is -0.190. The highest BCUT2D eigenvalue weighted by Crippen LogP contribution is 2.47. The van der Waals surface area contributed by atoms with Crippen LogP contribution in [0.2, 0.25) is 0 Å². The highest BCUT2D eigenvalue weighted by Gasteiger charge is 2.33. The van der Waals surface area contributed by atoms with E-state index in [0.29, 0.717) is 5.57 Å². The molecule has 0 saturated heterocycles. The van der Waals surface area contributed by atoms with Crippen LogP contribution in [0, 0.1) is 11.3 Å². The van der Waals surface area contributed by atoms with Crippen LogP contribution in [0.15, 0.2) is 82.8 Å². The fraction of sp³-hybridized carbons (Fsp3) is 0.174. The number of hydrogen-bond acceptors (Lipinski definition) is 3. The molecule has 1 saturated carbocycles. The molecule has 3 aliphatic rings. The molecule has 2 aromatic rings. The first-order valence-corrected chi connectivity index (χ1v) is 8.97. The van der Waals surface area contributed by atoms with Crippen LogP contribution < -0.4 is 10.5 Å². The number of fused-ring (bicyclic) bond motifs is 3. The second kappa shape index (κ2) is 5.64. The van der Waals surface area contributed by atoms with E-state index in [1.165, 1.54) is 30.4 Å². The molecule has 2 aliphatic carbocycles. The van der Waals surface area contributed by atoms with Crippen molar-refractivity contribution in [3.8, 4) is 11.8 Å². The smallest absolute Gasteiger partial charge is 0.205 e. The second-order valence-electron chi connectivity index (χ2n) is 7.01. The summed E-state index contributed by atoms with van der Waals surface area (Å²) >= 11 is 0. The third-order valence-electron chi connectivity index (χ3n) is 5.59. The van der Waals surface area contributed by atoms with E-state index in [0.717, 1.165) is 27.7 Å². The van der Waals surface area contributed by atoms with Crippen molar-refractivity contribution in [2.24, 2.45) is 5.73 Å². The van der Waals surface area contributed by atoms with Crippen molar-refractivity contribution in [2.45, 2.75) is 25.2 Å². The molecule has 1 atom stereocenters. The fourth-order valence-electron chi connectivity index (χ4n) is 4.08. The lowest BCUT2D eigenvalue weighted by molar-refractivity contribution is 0.395. The van der Waals surface area contributed by atoms with Gasteiger partial charge in [0.15, 0.2) is 0 Å². The van der Waals surface area contributed by atoms with Gasteiger partial charge in [-0.1, -0.05) is 54.1 Å². The first-order chi connectivity index (χ1) is 12.8. The van der Waals surface area contributed by atoms with Crippen LogP contribution in [0.1, 0.15) is 30.7 Å². The fourth-order valence-corrected chi connectivity index (χ4v) is 4.08. The van der Waals surface area contributed by atoms with Crippen LogP contribution in [0.3, 0.4) is 0 Å². The summed E-state index contributed by atoms with van der Waals surface area (Å²) in [4.78, 5) is 0. The number of nitriles is 1. The van der Waals surface area contributed by atoms with Gasteiger partial charge >= 0.3 is 0 Å². The van der Waals surface area contributed by atoms with Crippen LogP contribution >= 0.6 is 0 Å². The topological polar surface area (TPSA) is 59.0 Å². The van der Waals surface area contributed by atoms with Crippen LogP contribution in [-0.4, -0.2) is 0 Å². The third-order valence-corrected chi connectivity index (χ3v) is 5.59. The van der Waals surface area contributed by atoms with E-state index >= 15 is 0 Å². The van der Waals surface area contributed by atoms with Crippen LogP contribution in [0.5, 0.6) is 5.75 Å². The van der Waals surface area contributed by atoms with Crippen LogP contribution in [0.4, 0.5) is 0 Å². The number of rotatable bonds is 1. The van der Waals surface area contributed by atoms with E-state index in [1.54, 1.807) is 0 Å². The molecule has 0 aromatic heterocycles. The summed E-state index contributed by atoms with van der Waals surface area (Å²) in [5.74, 6) is 0.757. The van der Waals surface area contributed by atoms with Gasteiger partial charge in [0, 0.05) is 5.56 Å². The summed E-state index contributed by atoms with van der Waals surface area (Å²) in [6.45, 7) is 0. The van der Waals surface area contributed by atoms with Crippen molar-refractivity contribution in [1.82, 2.24) is 0 Å². The number of hydrogen-bond donors (Lipinski definition) is 1. The summed E-state index contributed by atoms with van der Waals surface area (Å²) in [6.07, 6.45) is 10.2. The van der Waals surface area contributed by atoms with Gasteiger partial charge in [-0.2, -0.15) is 5.26 Å². The molecule has 5 rings (SSSR count). The Bertz CT molecular complexity index is 1100. The normalized spacial score (nSPS) is 21.2. The molecule has 0 spiro atoms. The first-order valence-electron chi connectivity index (χ1n) is 8.97. The predicted octanol–water partition coefficient (Wildman–Crippen LogP) is 4.99. The Kier molecular flexibility index (Phi) is 3.26. The van der Waals surface area contributed by atoms with E-state index in [-0.39, 0.29) is 11.8 Å². The number of allylic oxidation sites excluding steroid dienone is 7. The molecule has 0 radical (unpaired) electrons. The van der Waals surface area contributed by atoms with Gasteiger partial charge in [0.1, 0.15) is 17.4 Å². The van der Waals surface area contributed by atoms with Gasteiger partial charge in [-0.25, -0.2) is 0 Å². The average Bonchev–Trinajstić information content (AvgIpc) is 3.07. The molecule has 0 bridgehead atoms. The molecule has 0 amide bonds. The Hall–Kier alpha value is -3.25. The Morgan fingerprint density at radius 3 is 2.69 bits per heavy atom. The molecule has 1 fully saturated rings. The maximum Gasteiger partial charge on any atom is 0.205 e. The van der Waals surface area contributed by atoms with Crippen molar-refractivity contribution >= 4 is 10.8 Å². The Morgan fingerprint density at radius 2 is 1.92 bits per heavy atom. The predicted molar refractivity (Wildman–Crippen MR) is 102 cm³/mol.